The van der Waals surface area contributed by atoms with E-state index in [4.69, 9.17) is 0 Å². The van der Waals surface area contributed by atoms with Crippen LogP contribution < -0.4 is 5.32 Å². The van der Waals surface area contributed by atoms with E-state index >= 15 is 0 Å². The van der Waals surface area contributed by atoms with Crippen molar-refractivity contribution in [1.82, 2.24) is 15.1 Å². The number of thioether (sulfide) groups is 1. The van der Waals surface area contributed by atoms with Crippen molar-refractivity contribution < 1.29 is 0 Å². The first kappa shape index (κ1) is 11.5. The number of aliphatic imine (C=N–C) groups is 1. The highest BCUT2D eigenvalue weighted by molar-refractivity contribution is 8.14. The van der Waals surface area contributed by atoms with Gasteiger partial charge in [0.15, 0.2) is 5.17 Å². The number of aromatic nitrogens is 2. The van der Waals surface area contributed by atoms with Crippen molar-refractivity contribution in [2.75, 3.05) is 6.54 Å². The minimum absolute atomic E-state index is 0.633. The van der Waals surface area contributed by atoms with Crippen LogP contribution in [0, 0.1) is 5.92 Å². The topological polar surface area (TPSA) is 42.2 Å². The van der Waals surface area contributed by atoms with Crippen LogP contribution in [0.3, 0.4) is 0 Å². The van der Waals surface area contributed by atoms with Crippen molar-refractivity contribution in [1.29, 1.82) is 0 Å². The highest BCUT2D eigenvalue weighted by Gasteiger charge is 2.22. The number of rotatable bonds is 3. The average molecular weight is 238 g/mol. The molecular weight excluding hydrogens is 220 g/mol. The molecule has 1 aromatic heterocycles. The molecule has 2 rings (SSSR count). The summed E-state index contributed by atoms with van der Waals surface area (Å²) in [5, 5.41) is 9.20. The smallest absolute Gasteiger partial charge is 0.157 e. The Labute approximate surface area is 101 Å². The minimum atomic E-state index is 0.633. The molecule has 0 fully saturated rings. The zero-order valence-electron chi connectivity index (χ0n) is 9.97. The summed E-state index contributed by atoms with van der Waals surface area (Å²) < 4.78 is 1.88. The Morgan fingerprint density at radius 1 is 1.62 bits per heavy atom. The molecule has 2 heterocycles. The van der Waals surface area contributed by atoms with Crippen molar-refractivity contribution >= 4 is 16.9 Å². The molecule has 1 unspecified atom stereocenters. The van der Waals surface area contributed by atoms with Crippen molar-refractivity contribution in [3.05, 3.63) is 18.0 Å². The first-order chi connectivity index (χ1) is 7.66. The summed E-state index contributed by atoms with van der Waals surface area (Å²) in [6.07, 6.45) is 1.82. The van der Waals surface area contributed by atoms with Crippen molar-refractivity contribution in [2.24, 2.45) is 18.0 Å². The van der Waals surface area contributed by atoms with Crippen LogP contribution in [0.1, 0.15) is 19.5 Å². The lowest BCUT2D eigenvalue weighted by Crippen LogP contribution is -2.21. The van der Waals surface area contributed by atoms with E-state index in [1.807, 2.05) is 35.8 Å². The van der Waals surface area contributed by atoms with Gasteiger partial charge in [0.25, 0.3) is 0 Å². The number of nitrogens with one attached hydrogen (secondary N) is 1. The molecule has 1 atom stereocenters. The molecule has 0 radical (unpaired) electrons. The van der Waals surface area contributed by atoms with Gasteiger partial charge in [-0.15, -0.1) is 0 Å². The van der Waals surface area contributed by atoms with Crippen molar-refractivity contribution in [3.63, 3.8) is 0 Å². The predicted molar refractivity (Wildman–Crippen MR) is 68.6 cm³/mol. The Hall–Kier alpha value is -0.970. The van der Waals surface area contributed by atoms with Gasteiger partial charge in [0.2, 0.25) is 0 Å². The van der Waals surface area contributed by atoms with Gasteiger partial charge in [-0.2, -0.15) is 5.10 Å². The van der Waals surface area contributed by atoms with E-state index in [1.165, 1.54) is 5.69 Å². The third-order valence-corrected chi connectivity index (χ3v) is 4.26. The van der Waals surface area contributed by atoms with Crippen LogP contribution in [-0.2, 0) is 13.6 Å². The normalized spacial score (nSPS) is 20.2. The second kappa shape index (κ2) is 4.91. The van der Waals surface area contributed by atoms with Gasteiger partial charge in [-0.1, -0.05) is 25.6 Å². The third-order valence-electron chi connectivity index (χ3n) is 2.76. The van der Waals surface area contributed by atoms with E-state index in [0.29, 0.717) is 11.2 Å². The molecule has 1 aromatic rings. The van der Waals surface area contributed by atoms with Gasteiger partial charge in [0.1, 0.15) is 0 Å². The molecule has 0 aliphatic carbocycles. The lowest BCUT2D eigenvalue weighted by molar-refractivity contribution is 0.621. The zero-order valence-corrected chi connectivity index (χ0v) is 10.8. The Kier molecular flexibility index (Phi) is 3.53. The summed E-state index contributed by atoms with van der Waals surface area (Å²) in [5.74, 6) is 0.685. The van der Waals surface area contributed by atoms with Gasteiger partial charge in [-0.3, -0.25) is 9.67 Å². The molecule has 1 aliphatic rings. The standard InChI is InChI=1S/C11H18N4S/c1-8(2)10-7-13-11(16-10)12-6-9-4-5-14-15(9)3/h4-5,8,10H,6-7H2,1-3H3,(H,12,13). The molecule has 1 N–H and O–H groups in total. The fourth-order valence-corrected chi connectivity index (χ4v) is 2.59. The van der Waals surface area contributed by atoms with Crippen LogP contribution in [0.25, 0.3) is 0 Å². The summed E-state index contributed by atoms with van der Waals surface area (Å²) in [7, 11) is 1.96. The van der Waals surface area contributed by atoms with Crippen LogP contribution in [0.4, 0.5) is 0 Å². The van der Waals surface area contributed by atoms with Gasteiger partial charge >= 0.3 is 0 Å². The lowest BCUT2D eigenvalue weighted by Gasteiger charge is -2.12. The molecule has 1 aliphatic heterocycles. The molecule has 16 heavy (non-hydrogen) atoms. The van der Waals surface area contributed by atoms with Crippen molar-refractivity contribution in [3.8, 4) is 0 Å². The molecule has 0 saturated heterocycles. The highest BCUT2D eigenvalue weighted by Crippen LogP contribution is 2.25. The maximum atomic E-state index is 4.51. The summed E-state index contributed by atoms with van der Waals surface area (Å²) in [4.78, 5) is 4.51. The number of aryl methyl sites for hydroxylation is 1. The fraction of sp³-hybridized carbons (Fsp3) is 0.636. The number of hydrogen-bond acceptors (Lipinski definition) is 4. The summed E-state index contributed by atoms with van der Waals surface area (Å²) in [6.45, 7) is 6.23. The summed E-state index contributed by atoms with van der Waals surface area (Å²) in [5.41, 5.74) is 1.18. The predicted octanol–water partition coefficient (Wildman–Crippen LogP) is 1.64. The number of hydrogen-bond donors (Lipinski definition) is 1. The maximum Gasteiger partial charge on any atom is 0.157 e. The second-order valence-corrected chi connectivity index (χ2v) is 5.57. The Morgan fingerprint density at radius 2 is 2.44 bits per heavy atom. The van der Waals surface area contributed by atoms with E-state index in [-0.39, 0.29) is 0 Å². The van der Waals surface area contributed by atoms with Crippen molar-refractivity contribution in [2.45, 2.75) is 25.6 Å². The van der Waals surface area contributed by atoms with Crippen LogP contribution in [-0.4, -0.2) is 26.7 Å². The van der Waals surface area contributed by atoms with Gasteiger partial charge < -0.3 is 5.32 Å². The number of amidine groups is 1. The Morgan fingerprint density at radius 3 is 3.00 bits per heavy atom. The second-order valence-electron chi connectivity index (χ2n) is 4.35. The molecule has 5 heteroatoms. The van der Waals surface area contributed by atoms with E-state index in [9.17, 15) is 0 Å². The van der Waals surface area contributed by atoms with Gasteiger partial charge in [-0.05, 0) is 12.0 Å². The van der Waals surface area contributed by atoms with Crippen LogP contribution in [0.5, 0.6) is 0 Å². The van der Waals surface area contributed by atoms with Crippen LogP contribution in [0.2, 0.25) is 0 Å². The average Bonchev–Trinajstić information content (AvgIpc) is 2.83. The molecule has 0 saturated carbocycles. The molecule has 4 nitrogen and oxygen atoms in total. The molecule has 0 aromatic carbocycles. The number of nitrogens with zero attached hydrogens (tertiary/aromatic N) is 3. The van der Waals surface area contributed by atoms with Gasteiger partial charge in [0.05, 0.1) is 18.8 Å². The quantitative estimate of drug-likeness (QED) is 0.870. The zero-order chi connectivity index (χ0) is 11.5. The fourth-order valence-electron chi connectivity index (χ4n) is 1.58. The molecule has 88 valence electrons. The SMILES string of the molecule is CC(C)C1CN=C(NCc2ccnn2C)S1. The molecular formula is C11H18N4S. The van der Waals surface area contributed by atoms with Gasteiger partial charge in [-0.25, -0.2) is 0 Å². The third kappa shape index (κ3) is 2.58. The van der Waals surface area contributed by atoms with E-state index in [2.05, 4.69) is 29.3 Å². The lowest BCUT2D eigenvalue weighted by atomic mass is 10.1. The first-order valence-electron chi connectivity index (χ1n) is 5.58. The molecule has 0 amide bonds. The first-order valence-corrected chi connectivity index (χ1v) is 6.46. The Balaban J connectivity index is 1.82. The molecule has 0 spiro atoms. The summed E-state index contributed by atoms with van der Waals surface area (Å²) in [6, 6.07) is 2.02. The Bertz CT molecular complexity index is 383. The van der Waals surface area contributed by atoms with Crippen LogP contribution in [0.15, 0.2) is 17.3 Å². The van der Waals surface area contributed by atoms with E-state index in [1.54, 1.807) is 0 Å². The van der Waals surface area contributed by atoms with Gasteiger partial charge in [0, 0.05) is 18.5 Å². The van der Waals surface area contributed by atoms with Crippen LogP contribution >= 0.6 is 11.8 Å². The molecule has 0 bridgehead atoms. The maximum absolute atomic E-state index is 4.51. The minimum Gasteiger partial charge on any atom is -0.359 e. The largest absolute Gasteiger partial charge is 0.359 e. The van der Waals surface area contributed by atoms with E-state index < -0.39 is 0 Å². The monoisotopic (exact) mass is 238 g/mol. The highest BCUT2D eigenvalue weighted by atomic mass is 32.2. The summed E-state index contributed by atoms with van der Waals surface area (Å²) >= 11 is 1.86. The van der Waals surface area contributed by atoms with E-state index in [0.717, 1.165) is 18.3 Å².